The first kappa shape index (κ1) is 20.7. The van der Waals surface area contributed by atoms with E-state index in [9.17, 15) is 28.1 Å². The van der Waals surface area contributed by atoms with E-state index in [2.05, 4.69) is 5.32 Å². The van der Waals surface area contributed by atoms with Gasteiger partial charge in [-0.15, -0.1) is 0 Å². The quantitative estimate of drug-likeness (QED) is 0.321. The van der Waals surface area contributed by atoms with Crippen LogP contribution in [-0.2, 0) is 11.0 Å². The summed E-state index contributed by atoms with van der Waals surface area (Å²) < 4.78 is 39.0. The number of carbonyl (C=O) groups is 1. The van der Waals surface area contributed by atoms with Gasteiger partial charge in [-0.2, -0.15) is 18.4 Å². The Hall–Kier alpha value is -3.58. The Labute approximate surface area is 161 Å². The number of nitriles is 1. The van der Waals surface area contributed by atoms with Crippen molar-refractivity contribution < 1.29 is 22.9 Å². The van der Waals surface area contributed by atoms with E-state index in [1.165, 1.54) is 18.2 Å². The SMILES string of the molecule is N#C/C(=C/Nc1cc([N+](=O)[O-])ccc1Cl)C(=O)Nc1ccccc1C(F)(F)F. The zero-order valence-corrected chi connectivity index (χ0v) is 14.5. The molecule has 2 aromatic carbocycles. The van der Waals surface area contributed by atoms with Crippen LogP contribution in [0.15, 0.2) is 54.2 Å². The molecule has 0 fully saturated rings. The fourth-order valence-corrected chi connectivity index (χ4v) is 2.24. The molecule has 0 aliphatic rings. The average Bonchev–Trinajstić information content (AvgIpc) is 2.63. The molecule has 2 rings (SSSR count). The van der Waals surface area contributed by atoms with Gasteiger partial charge in [0.2, 0.25) is 0 Å². The van der Waals surface area contributed by atoms with Gasteiger partial charge >= 0.3 is 6.18 Å². The Morgan fingerprint density at radius 3 is 2.50 bits per heavy atom. The summed E-state index contributed by atoms with van der Waals surface area (Å²) in [4.78, 5) is 22.3. The second kappa shape index (κ2) is 8.41. The molecular weight excluding hydrogens is 401 g/mol. The van der Waals surface area contributed by atoms with Crippen LogP contribution in [0.5, 0.6) is 0 Å². The largest absolute Gasteiger partial charge is 0.418 e. The van der Waals surface area contributed by atoms with Crippen molar-refractivity contribution in [3.8, 4) is 6.07 Å². The van der Waals surface area contributed by atoms with Crippen LogP contribution in [0.4, 0.5) is 30.2 Å². The molecule has 144 valence electrons. The predicted octanol–water partition coefficient (Wildman–Crippen LogP) is 4.73. The monoisotopic (exact) mass is 410 g/mol. The summed E-state index contributed by atoms with van der Waals surface area (Å²) >= 11 is 5.89. The van der Waals surface area contributed by atoms with Gasteiger partial charge in [0, 0.05) is 18.3 Å². The molecule has 0 heterocycles. The average molecular weight is 411 g/mol. The van der Waals surface area contributed by atoms with Crippen LogP contribution in [0.2, 0.25) is 5.02 Å². The molecule has 7 nitrogen and oxygen atoms in total. The van der Waals surface area contributed by atoms with Crippen molar-refractivity contribution in [1.82, 2.24) is 0 Å². The number of nitrogens with zero attached hydrogens (tertiary/aromatic N) is 2. The van der Waals surface area contributed by atoms with E-state index >= 15 is 0 Å². The molecule has 0 saturated heterocycles. The maximum atomic E-state index is 13.0. The Morgan fingerprint density at radius 2 is 1.89 bits per heavy atom. The molecule has 28 heavy (non-hydrogen) atoms. The Kier molecular flexibility index (Phi) is 6.22. The van der Waals surface area contributed by atoms with Crippen LogP contribution in [0.3, 0.4) is 0 Å². The van der Waals surface area contributed by atoms with Crippen molar-refractivity contribution in [1.29, 1.82) is 5.26 Å². The minimum absolute atomic E-state index is 0.0344. The number of carbonyl (C=O) groups excluding carboxylic acids is 1. The number of rotatable bonds is 5. The summed E-state index contributed by atoms with van der Waals surface area (Å²) in [5, 5.41) is 24.5. The lowest BCUT2D eigenvalue weighted by atomic mass is 10.1. The van der Waals surface area contributed by atoms with Gasteiger partial charge in [-0.05, 0) is 18.2 Å². The standard InChI is InChI=1S/C17H10ClF3N4O3/c18-13-6-5-11(25(27)28)7-15(13)23-9-10(8-22)16(26)24-14-4-2-1-3-12(14)17(19,20)21/h1-7,9,23H,(H,24,26)/b10-9-. The zero-order valence-electron chi connectivity index (χ0n) is 13.7. The van der Waals surface area contributed by atoms with Crippen molar-refractivity contribution in [2.24, 2.45) is 0 Å². The van der Waals surface area contributed by atoms with Gasteiger partial charge in [-0.1, -0.05) is 23.7 Å². The molecule has 0 radical (unpaired) electrons. The number of amides is 1. The maximum Gasteiger partial charge on any atom is 0.418 e. The van der Waals surface area contributed by atoms with Gasteiger partial charge < -0.3 is 10.6 Å². The van der Waals surface area contributed by atoms with Crippen molar-refractivity contribution in [2.45, 2.75) is 6.18 Å². The molecule has 11 heteroatoms. The van der Waals surface area contributed by atoms with E-state index in [4.69, 9.17) is 16.9 Å². The fourth-order valence-electron chi connectivity index (χ4n) is 2.06. The highest BCUT2D eigenvalue weighted by Crippen LogP contribution is 2.34. The number of nitro groups is 1. The van der Waals surface area contributed by atoms with E-state index < -0.39 is 33.8 Å². The minimum atomic E-state index is -4.70. The van der Waals surface area contributed by atoms with Crippen molar-refractivity contribution in [2.75, 3.05) is 10.6 Å². The van der Waals surface area contributed by atoms with Crippen LogP contribution in [0, 0.1) is 21.4 Å². The van der Waals surface area contributed by atoms with Crippen LogP contribution in [-0.4, -0.2) is 10.8 Å². The molecule has 2 aromatic rings. The molecule has 1 amide bonds. The molecule has 0 unspecified atom stereocenters. The molecule has 0 saturated carbocycles. The van der Waals surface area contributed by atoms with Crippen LogP contribution in [0.25, 0.3) is 0 Å². The molecule has 0 aliphatic carbocycles. The first-order chi connectivity index (χ1) is 13.1. The first-order valence-electron chi connectivity index (χ1n) is 7.42. The first-order valence-corrected chi connectivity index (χ1v) is 7.79. The molecule has 0 spiro atoms. The summed E-state index contributed by atoms with van der Waals surface area (Å²) in [7, 11) is 0. The predicted molar refractivity (Wildman–Crippen MR) is 95.5 cm³/mol. The minimum Gasteiger partial charge on any atom is -0.359 e. The zero-order chi connectivity index (χ0) is 20.9. The van der Waals surface area contributed by atoms with Gasteiger partial charge in [0.25, 0.3) is 11.6 Å². The Balaban J connectivity index is 2.25. The van der Waals surface area contributed by atoms with Gasteiger partial charge in [-0.25, -0.2) is 0 Å². The number of para-hydroxylation sites is 1. The van der Waals surface area contributed by atoms with E-state index in [-0.39, 0.29) is 16.4 Å². The molecule has 0 bridgehead atoms. The smallest absolute Gasteiger partial charge is 0.359 e. The van der Waals surface area contributed by atoms with Gasteiger partial charge in [0.15, 0.2) is 0 Å². The summed E-state index contributed by atoms with van der Waals surface area (Å²) in [6, 6.07) is 9.28. The topological polar surface area (TPSA) is 108 Å². The van der Waals surface area contributed by atoms with E-state index in [0.717, 1.165) is 36.5 Å². The van der Waals surface area contributed by atoms with Crippen LogP contribution >= 0.6 is 11.6 Å². The number of halogens is 4. The number of anilines is 2. The number of nitrogens with one attached hydrogen (secondary N) is 2. The normalized spacial score (nSPS) is 11.5. The molecule has 0 aliphatic heterocycles. The summed E-state index contributed by atoms with van der Waals surface area (Å²) in [5.41, 5.74) is -2.42. The second-order valence-electron chi connectivity index (χ2n) is 5.23. The number of nitro benzene ring substituents is 1. The van der Waals surface area contributed by atoms with Crippen molar-refractivity contribution >= 4 is 34.6 Å². The number of benzene rings is 2. The van der Waals surface area contributed by atoms with Crippen LogP contribution in [0.1, 0.15) is 5.56 Å². The third kappa shape index (κ3) is 4.99. The lowest BCUT2D eigenvalue weighted by Crippen LogP contribution is -2.18. The summed E-state index contributed by atoms with van der Waals surface area (Å²) in [5.74, 6) is -1.10. The molecule has 0 aromatic heterocycles. The van der Waals surface area contributed by atoms with Gasteiger partial charge in [0.1, 0.15) is 11.6 Å². The highest BCUT2D eigenvalue weighted by Gasteiger charge is 2.33. The lowest BCUT2D eigenvalue weighted by Gasteiger charge is -2.13. The van der Waals surface area contributed by atoms with E-state index in [0.29, 0.717) is 0 Å². The summed E-state index contributed by atoms with van der Waals surface area (Å²) in [6.07, 6.45) is -3.81. The van der Waals surface area contributed by atoms with E-state index in [1.807, 2.05) is 5.32 Å². The molecule has 0 atom stereocenters. The third-order valence-corrected chi connectivity index (χ3v) is 3.71. The van der Waals surface area contributed by atoms with Crippen molar-refractivity contribution in [3.63, 3.8) is 0 Å². The number of non-ortho nitro benzene ring substituents is 1. The lowest BCUT2D eigenvalue weighted by molar-refractivity contribution is -0.384. The Bertz CT molecular complexity index is 1000. The second-order valence-corrected chi connectivity index (χ2v) is 5.64. The number of hydrogen-bond donors (Lipinski definition) is 2. The summed E-state index contributed by atoms with van der Waals surface area (Å²) in [6.45, 7) is 0. The van der Waals surface area contributed by atoms with Gasteiger partial charge in [0.05, 0.1) is 26.9 Å². The van der Waals surface area contributed by atoms with Crippen molar-refractivity contribution in [3.05, 3.63) is 74.9 Å². The highest BCUT2D eigenvalue weighted by atomic mass is 35.5. The maximum absolute atomic E-state index is 13.0. The molecular formula is C17H10ClF3N4O3. The Morgan fingerprint density at radius 1 is 1.21 bits per heavy atom. The van der Waals surface area contributed by atoms with Crippen LogP contribution < -0.4 is 10.6 Å². The molecule has 2 N–H and O–H groups in total. The number of hydrogen-bond acceptors (Lipinski definition) is 5. The third-order valence-electron chi connectivity index (χ3n) is 3.38. The van der Waals surface area contributed by atoms with Gasteiger partial charge in [-0.3, -0.25) is 14.9 Å². The van der Waals surface area contributed by atoms with E-state index in [1.54, 1.807) is 0 Å². The highest BCUT2D eigenvalue weighted by molar-refractivity contribution is 6.33. The number of alkyl halides is 3. The fraction of sp³-hybridized carbons (Fsp3) is 0.0588.